The minimum Gasteiger partial charge on any atom is -0.461 e. The van der Waals surface area contributed by atoms with Crippen molar-refractivity contribution in [1.29, 1.82) is 0 Å². The SMILES string of the molecule is CCOC(=O)c1nc(C)n(C2(C)CCOCC2)c1N. The molecule has 2 N–H and O–H groups in total. The van der Waals surface area contributed by atoms with Crippen molar-refractivity contribution < 1.29 is 14.3 Å². The summed E-state index contributed by atoms with van der Waals surface area (Å²) in [6, 6.07) is 0. The first-order valence-electron chi connectivity index (χ1n) is 6.60. The lowest BCUT2D eigenvalue weighted by atomic mass is 9.92. The second-order valence-corrected chi connectivity index (χ2v) is 5.06. The van der Waals surface area contributed by atoms with Crippen molar-refractivity contribution in [3.63, 3.8) is 0 Å². The molecule has 0 saturated carbocycles. The maximum absolute atomic E-state index is 11.8. The Morgan fingerprint density at radius 2 is 2.16 bits per heavy atom. The molecular formula is C13H21N3O3. The number of aryl methyl sites for hydroxylation is 1. The fourth-order valence-electron chi connectivity index (χ4n) is 2.62. The first kappa shape index (κ1) is 13.9. The van der Waals surface area contributed by atoms with E-state index in [2.05, 4.69) is 11.9 Å². The number of rotatable bonds is 3. The van der Waals surface area contributed by atoms with E-state index >= 15 is 0 Å². The van der Waals surface area contributed by atoms with Gasteiger partial charge in [0.1, 0.15) is 11.6 Å². The molecule has 0 unspecified atom stereocenters. The number of carbonyl (C=O) groups excluding carboxylic acids is 1. The van der Waals surface area contributed by atoms with Crippen molar-refractivity contribution in [2.75, 3.05) is 25.6 Å². The summed E-state index contributed by atoms with van der Waals surface area (Å²) >= 11 is 0. The van der Waals surface area contributed by atoms with Crippen LogP contribution in [0, 0.1) is 6.92 Å². The largest absolute Gasteiger partial charge is 0.461 e. The maximum Gasteiger partial charge on any atom is 0.360 e. The molecule has 1 saturated heterocycles. The van der Waals surface area contributed by atoms with E-state index in [1.807, 2.05) is 11.5 Å². The lowest BCUT2D eigenvalue weighted by Crippen LogP contribution is -2.38. The van der Waals surface area contributed by atoms with Crippen LogP contribution >= 0.6 is 0 Å². The van der Waals surface area contributed by atoms with E-state index in [-0.39, 0.29) is 11.2 Å². The molecule has 19 heavy (non-hydrogen) atoms. The number of hydrogen-bond acceptors (Lipinski definition) is 5. The molecule has 6 heteroatoms. The Bertz CT molecular complexity index is 476. The van der Waals surface area contributed by atoms with Crippen molar-refractivity contribution in [2.45, 2.75) is 39.2 Å². The van der Waals surface area contributed by atoms with E-state index in [1.165, 1.54) is 0 Å². The first-order valence-corrected chi connectivity index (χ1v) is 6.60. The molecule has 1 aromatic rings. The fourth-order valence-corrected chi connectivity index (χ4v) is 2.62. The molecule has 0 aliphatic carbocycles. The lowest BCUT2D eigenvalue weighted by molar-refractivity contribution is 0.0295. The number of esters is 1. The zero-order valence-electron chi connectivity index (χ0n) is 11.7. The van der Waals surface area contributed by atoms with Crippen LogP contribution in [-0.2, 0) is 15.0 Å². The zero-order valence-corrected chi connectivity index (χ0v) is 11.7. The van der Waals surface area contributed by atoms with Crippen LogP contribution in [-0.4, -0.2) is 35.3 Å². The Labute approximate surface area is 112 Å². The number of nitrogen functional groups attached to an aromatic ring is 1. The van der Waals surface area contributed by atoms with Gasteiger partial charge in [-0.15, -0.1) is 0 Å². The van der Waals surface area contributed by atoms with Gasteiger partial charge in [-0.05, 0) is 33.6 Å². The average molecular weight is 267 g/mol. The minimum atomic E-state index is -0.461. The first-order chi connectivity index (χ1) is 8.99. The van der Waals surface area contributed by atoms with Gasteiger partial charge in [-0.25, -0.2) is 9.78 Å². The van der Waals surface area contributed by atoms with E-state index in [0.717, 1.165) is 18.7 Å². The molecule has 0 spiro atoms. The molecule has 1 fully saturated rings. The van der Waals surface area contributed by atoms with Crippen LogP contribution < -0.4 is 5.73 Å². The topological polar surface area (TPSA) is 79.4 Å². The molecule has 106 valence electrons. The van der Waals surface area contributed by atoms with Crippen LogP contribution in [0.1, 0.15) is 43.0 Å². The molecule has 2 heterocycles. The predicted octanol–water partition coefficient (Wildman–Crippen LogP) is 1.48. The summed E-state index contributed by atoms with van der Waals surface area (Å²) in [4.78, 5) is 16.1. The fraction of sp³-hybridized carbons (Fsp3) is 0.692. The van der Waals surface area contributed by atoms with Crippen molar-refractivity contribution >= 4 is 11.8 Å². The van der Waals surface area contributed by atoms with Crippen LogP contribution in [0.4, 0.5) is 5.82 Å². The van der Waals surface area contributed by atoms with Gasteiger partial charge in [-0.1, -0.05) is 0 Å². The van der Waals surface area contributed by atoms with E-state index in [9.17, 15) is 4.79 Å². The standard InChI is InChI=1S/C13H21N3O3/c1-4-19-12(17)10-11(14)16(9(2)15-10)13(3)5-7-18-8-6-13/h4-8,14H2,1-3H3. The second kappa shape index (κ2) is 5.21. The van der Waals surface area contributed by atoms with Gasteiger partial charge in [0.25, 0.3) is 0 Å². The molecule has 0 aromatic carbocycles. The van der Waals surface area contributed by atoms with Gasteiger partial charge in [-0.3, -0.25) is 0 Å². The average Bonchev–Trinajstić information content (AvgIpc) is 2.66. The summed E-state index contributed by atoms with van der Waals surface area (Å²) < 4.78 is 12.3. The van der Waals surface area contributed by atoms with Gasteiger partial charge in [-0.2, -0.15) is 0 Å². The Morgan fingerprint density at radius 1 is 1.53 bits per heavy atom. The normalized spacial score (nSPS) is 18.3. The second-order valence-electron chi connectivity index (χ2n) is 5.06. The minimum absolute atomic E-state index is 0.149. The third-order valence-corrected chi connectivity index (χ3v) is 3.66. The van der Waals surface area contributed by atoms with E-state index in [1.54, 1.807) is 6.92 Å². The summed E-state index contributed by atoms with van der Waals surface area (Å²) in [6.07, 6.45) is 1.72. The molecule has 6 nitrogen and oxygen atoms in total. The monoisotopic (exact) mass is 267 g/mol. The Balaban J connectivity index is 2.38. The highest BCUT2D eigenvalue weighted by molar-refractivity contribution is 5.92. The van der Waals surface area contributed by atoms with Gasteiger partial charge in [0.2, 0.25) is 0 Å². The highest BCUT2D eigenvalue weighted by Gasteiger charge is 2.34. The van der Waals surface area contributed by atoms with Crippen LogP contribution in [0.25, 0.3) is 0 Å². The molecule has 1 aliphatic rings. The van der Waals surface area contributed by atoms with Crippen LogP contribution in [0.3, 0.4) is 0 Å². The smallest absolute Gasteiger partial charge is 0.360 e. The van der Waals surface area contributed by atoms with E-state index in [0.29, 0.717) is 25.6 Å². The van der Waals surface area contributed by atoms with Crippen molar-refractivity contribution in [3.8, 4) is 0 Å². The van der Waals surface area contributed by atoms with Gasteiger partial charge in [0.15, 0.2) is 5.69 Å². The molecule has 0 atom stereocenters. The summed E-state index contributed by atoms with van der Waals surface area (Å²) in [5.41, 5.74) is 6.18. The molecule has 0 radical (unpaired) electrons. The van der Waals surface area contributed by atoms with E-state index < -0.39 is 5.97 Å². The number of nitrogens with two attached hydrogens (primary N) is 1. The summed E-state index contributed by atoms with van der Waals surface area (Å²) in [7, 11) is 0. The molecule has 1 aromatic heterocycles. The number of nitrogens with zero attached hydrogens (tertiary/aromatic N) is 2. The zero-order chi connectivity index (χ0) is 14.0. The molecule has 0 amide bonds. The summed E-state index contributed by atoms with van der Waals surface area (Å²) in [5.74, 6) is 0.669. The molecular weight excluding hydrogens is 246 g/mol. The number of anilines is 1. The highest BCUT2D eigenvalue weighted by atomic mass is 16.5. The number of carbonyl (C=O) groups is 1. The summed E-state index contributed by atoms with van der Waals surface area (Å²) in [5, 5.41) is 0. The van der Waals surface area contributed by atoms with Crippen LogP contribution in [0.5, 0.6) is 0 Å². The predicted molar refractivity (Wildman–Crippen MR) is 71.0 cm³/mol. The molecule has 1 aliphatic heterocycles. The Hall–Kier alpha value is -1.56. The quantitative estimate of drug-likeness (QED) is 0.839. The maximum atomic E-state index is 11.8. The molecule has 2 rings (SSSR count). The summed E-state index contributed by atoms with van der Waals surface area (Å²) in [6.45, 7) is 7.45. The van der Waals surface area contributed by atoms with Gasteiger partial charge in [0.05, 0.1) is 6.61 Å². The number of hydrogen-bond donors (Lipinski definition) is 1. The molecule has 0 bridgehead atoms. The van der Waals surface area contributed by atoms with Crippen LogP contribution in [0.15, 0.2) is 0 Å². The Morgan fingerprint density at radius 3 is 2.74 bits per heavy atom. The highest BCUT2D eigenvalue weighted by Crippen LogP contribution is 2.33. The third kappa shape index (κ3) is 2.45. The number of imidazole rings is 1. The van der Waals surface area contributed by atoms with E-state index in [4.69, 9.17) is 15.2 Å². The number of ether oxygens (including phenoxy) is 2. The third-order valence-electron chi connectivity index (χ3n) is 3.66. The Kier molecular flexibility index (Phi) is 3.80. The van der Waals surface area contributed by atoms with Crippen LogP contribution in [0.2, 0.25) is 0 Å². The van der Waals surface area contributed by atoms with Gasteiger partial charge >= 0.3 is 5.97 Å². The van der Waals surface area contributed by atoms with Gasteiger partial charge < -0.3 is 19.8 Å². The van der Waals surface area contributed by atoms with Crippen molar-refractivity contribution in [3.05, 3.63) is 11.5 Å². The van der Waals surface area contributed by atoms with Gasteiger partial charge in [0, 0.05) is 18.8 Å². The van der Waals surface area contributed by atoms with Crippen molar-refractivity contribution in [1.82, 2.24) is 9.55 Å². The van der Waals surface area contributed by atoms with Crippen molar-refractivity contribution in [2.24, 2.45) is 0 Å². The number of aromatic nitrogens is 2. The lowest BCUT2D eigenvalue weighted by Gasteiger charge is -2.36.